The Hall–Kier alpha value is -0.300. The van der Waals surface area contributed by atoms with Crippen LogP contribution in [0, 0.1) is 29.6 Å². The largest absolute Gasteiger partial charge is 0.386 e. The molecule has 0 aliphatic heterocycles. The second-order valence-electron chi connectivity index (χ2n) is 9.99. The molecule has 3 aliphatic carbocycles. The van der Waals surface area contributed by atoms with Crippen LogP contribution in [0.2, 0.25) is 0 Å². The first-order valence-corrected chi connectivity index (χ1v) is 12.0. The van der Waals surface area contributed by atoms with Gasteiger partial charge in [0.2, 0.25) is 0 Å². The standard InChI is InChI=1S/C25H44O/c1-3-5-6-17-25(26)18-15-24(16-19-25)23-13-11-22(12-14-23)21-9-7-20(4-2)8-10-21/h15,18,20-24,26H,3-14,16-17,19H2,1-2H3/t20-,21-,22?,23?,24?,25?. The Balaban J connectivity index is 1.41. The summed E-state index contributed by atoms with van der Waals surface area (Å²) in [5.74, 6) is 4.76. The number of unbranched alkanes of at least 4 members (excludes halogenated alkanes) is 2. The predicted octanol–water partition coefficient (Wildman–Crippen LogP) is 7.29. The molecule has 0 spiro atoms. The quantitative estimate of drug-likeness (QED) is 0.373. The van der Waals surface area contributed by atoms with E-state index in [0.717, 1.165) is 42.4 Å². The van der Waals surface area contributed by atoms with Crippen molar-refractivity contribution >= 4 is 0 Å². The lowest BCUT2D eigenvalue weighted by Gasteiger charge is -2.41. The minimum atomic E-state index is -0.485. The molecule has 0 aromatic carbocycles. The van der Waals surface area contributed by atoms with Gasteiger partial charge in [-0.2, -0.15) is 0 Å². The summed E-state index contributed by atoms with van der Waals surface area (Å²) >= 11 is 0. The Morgan fingerprint density at radius 2 is 1.42 bits per heavy atom. The van der Waals surface area contributed by atoms with Crippen LogP contribution in [0.25, 0.3) is 0 Å². The van der Waals surface area contributed by atoms with E-state index in [1.807, 2.05) is 0 Å². The number of rotatable bonds is 7. The van der Waals surface area contributed by atoms with Crippen molar-refractivity contribution in [2.24, 2.45) is 29.6 Å². The Bertz CT molecular complexity index is 425. The monoisotopic (exact) mass is 360 g/mol. The van der Waals surface area contributed by atoms with Gasteiger partial charge in [-0.1, -0.05) is 64.5 Å². The molecular weight excluding hydrogens is 316 g/mol. The van der Waals surface area contributed by atoms with E-state index in [2.05, 4.69) is 26.0 Å². The van der Waals surface area contributed by atoms with E-state index < -0.39 is 5.60 Å². The molecule has 2 saturated carbocycles. The van der Waals surface area contributed by atoms with Gasteiger partial charge in [-0.15, -0.1) is 0 Å². The molecule has 2 atom stereocenters. The van der Waals surface area contributed by atoms with Crippen LogP contribution >= 0.6 is 0 Å². The molecule has 0 heterocycles. The maximum atomic E-state index is 10.8. The zero-order valence-electron chi connectivity index (χ0n) is 17.6. The van der Waals surface area contributed by atoms with Crippen molar-refractivity contribution < 1.29 is 5.11 Å². The van der Waals surface area contributed by atoms with Gasteiger partial charge in [0.15, 0.2) is 0 Å². The fourth-order valence-electron chi connectivity index (χ4n) is 6.29. The molecule has 0 amide bonds. The first-order valence-electron chi connectivity index (χ1n) is 12.0. The van der Waals surface area contributed by atoms with E-state index in [1.54, 1.807) is 0 Å². The summed E-state index contributed by atoms with van der Waals surface area (Å²) in [7, 11) is 0. The third kappa shape index (κ3) is 5.37. The fourth-order valence-corrected chi connectivity index (χ4v) is 6.29. The first-order chi connectivity index (χ1) is 12.6. The highest BCUT2D eigenvalue weighted by atomic mass is 16.3. The van der Waals surface area contributed by atoms with Gasteiger partial charge in [0.25, 0.3) is 0 Å². The molecule has 0 aromatic heterocycles. The fraction of sp³-hybridized carbons (Fsp3) is 0.920. The van der Waals surface area contributed by atoms with Crippen LogP contribution < -0.4 is 0 Å². The normalized spacial score (nSPS) is 41.3. The molecule has 150 valence electrons. The summed E-state index contributed by atoms with van der Waals surface area (Å²) in [6.45, 7) is 4.61. The van der Waals surface area contributed by atoms with Crippen molar-refractivity contribution in [2.45, 2.75) is 116 Å². The Labute approximate surface area is 163 Å². The predicted molar refractivity (Wildman–Crippen MR) is 112 cm³/mol. The van der Waals surface area contributed by atoms with Gasteiger partial charge < -0.3 is 5.11 Å². The molecule has 0 radical (unpaired) electrons. The molecule has 3 aliphatic rings. The minimum Gasteiger partial charge on any atom is -0.386 e. The third-order valence-electron chi connectivity index (χ3n) is 8.33. The molecule has 0 bridgehead atoms. The molecule has 2 unspecified atom stereocenters. The van der Waals surface area contributed by atoms with Crippen molar-refractivity contribution in [1.29, 1.82) is 0 Å². The van der Waals surface area contributed by atoms with Gasteiger partial charge in [-0.25, -0.2) is 0 Å². The summed E-state index contributed by atoms with van der Waals surface area (Å²) < 4.78 is 0. The van der Waals surface area contributed by atoms with Gasteiger partial charge in [0.05, 0.1) is 5.60 Å². The van der Waals surface area contributed by atoms with Crippen LogP contribution in [0.4, 0.5) is 0 Å². The summed E-state index contributed by atoms with van der Waals surface area (Å²) in [4.78, 5) is 0. The Morgan fingerprint density at radius 3 is 1.96 bits per heavy atom. The average Bonchev–Trinajstić information content (AvgIpc) is 2.69. The third-order valence-corrected chi connectivity index (χ3v) is 8.33. The Kier molecular flexibility index (Phi) is 7.67. The molecule has 1 heteroatoms. The van der Waals surface area contributed by atoms with Gasteiger partial charge in [-0.05, 0) is 87.4 Å². The smallest absolute Gasteiger partial charge is 0.0828 e. The van der Waals surface area contributed by atoms with Crippen LogP contribution in [0.5, 0.6) is 0 Å². The zero-order valence-corrected chi connectivity index (χ0v) is 17.6. The number of aliphatic hydroxyl groups is 1. The average molecular weight is 361 g/mol. The molecular formula is C25H44O. The Morgan fingerprint density at radius 1 is 0.808 bits per heavy atom. The van der Waals surface area contributed by atoms with Crippen LogP contribution in [-0.4, -0.2) is 10.7 Å². The van der Waals surface area contributed by atoms with Crippen LogP contribution in [0.15, 0.2) is 12.2 Å². The lowest BCUT2D eigenvalue weighted by atomic mass is 9.65. The second-order valence-corrected chi connectivity index (χ2v) is 9.99. The highest BCUT2D eigenvalue weighted by Gasteiger charge is 2.35. The molecule has 3 rings (SSSR count). The van der Waals surface area contributed by atoms with Gasteiger partial charge in [0, 0.05) is 0 Å². The number of hydrogen-bond acceptors (Lipinski definition) is 1. The molecule has 2 fully saturated rings. The van der Waals surface area contributed by atoms with Crippen molar-refractivity contribution in [3.8, 4) is 0 Å². The summed E-state index contributed by atoms with van der Waals surface area (Å²) in [6, 6.07) is 0. The van der Waals surface area contributed by atoms with Crippen molar-refractivity contribution in [3.63, 3.8) is 0 Å². The molecule has 26 heavy (non-hydrogen) atoms. The van der Waals surface area contributed by atoms with E-state index in [1.165, 1.54) is 83.5 Å². The van der Waals surface area contributed by atoms with Crippen LogP contribution in [0.3, 0.4) is 0 Å². The van der Waals surface area contributed by atoms with Crippen molar-refractivity contribution in [3.05, 3.63) is 12.2 Å². The summed E-state index contributed by atoms with van der Waals surface area (Å²) in [5, 5.41) is 10.8. The molecule has 1 N–H and O–H groups in total. The lowest BCUT2D eigenvalue weighted by Crippen LogP contribution is -2.33. The van der Waals surface area contributed by atoms with Crippen molar-refractivity contribution in [2.75, 3.05) is 0 Å². The van der Waals surface area contributed by atoms with E-state index in [4.69, 9.17) is 0 Å². The SMILES string of the molecule is CCCCCC1(O)C=CC(C2CCC([C@H]3CC[C@H](CC)CC3)CC2)CC1. The van der Waals surface area contributed by atoms with Gasteiger partial charge in [0.1, 0.15) is 0 Å². The van der Waals surface area contributed by atoms with E-state index in [-0.39, 0.29) is 0 Å². The van der Waals surface area contributed by atoms with Crippen LogP contribution in [-0.2, 0) is 0 Å². The molecule has 1 nitrogen and oxygen atoms in total. The van der Waals surface area contributed by atoms with E-state index in [9.17, 15) is 5.11 Å². The van der Waals surface area contributed by atoms with E-state index >= 15 is 0 Å². The van der Waals surface area contributed by atoms with Gasteiger partial charge >= 0.3 is 0 Å². The van der Waals surface area contributed by atoms with Gasteiger partial charge in [-0.3, -0.25) is 0 Å². The number of hydrogen-bond donors (Lipinski definition) is 1. The minimum absolute atomic E-state index is 0.485. The lowest BCUT2D eigenvalue weighted by molar-refractivity contribution is 0.0481. The maximum absolute atomic E-state index is 10.8. The van der Waals surface area contributed by atoms with Crippen LogP contribution in [0.1, 0.15) is 110 Å². The first kappa shape index (κ1) is 20.4. The van der Waals surface area contributed by atoms with Crippen molar-refractivity contribution in [1.82, 2.24) is 0 Å². The molecule has 0 aromatic rings. The van der Waals surface area contributed by atoms with E-state index in [0.29, 0.717) is 0 Å². The highest BCUT2D eigenvalue weighted by Crippen LogP contribution is 2.45. The maximum Gasteiger partial charge on any atom is 0.0828 e. The molecule has 0 saturated heterocycles. The zero-order chi connectivity index (χ0) is 18.4. The summed E-state index contributed by atoms with van der Waals surface area (Å²) in [6.07, 6.45) is 24.8. The number of allylic oxidation sites excluding steroid dienone is 1. The topological polar surface area (TPSA) is 20.2 Å². The highest BCUT2D eigenvalue weighted by molar-refractivity contribution is 5.09. The second kappa shape index (κ2) is 9.76. The summed E-state index contributed by atoms with van der Waals surface area (Å²) in [5.41, 5.74) is -0.485.